The first-order chi connectivity index (χ1) is 15.8. The molecule has 0 bridgehead atoms. The highest BCUT2D eigenvalue weighted by molar-refractivity contribution is 8.26. The zero-order chi connectivity index (χ0) is 23.7. The number of anilines is 1. The quantitative estimate of drug-likeness (QED) is 0.349. The molecule has 33 heavy (non-hydrogen) atoms. The molecule has 2 aliphatic heterocycles. The first kappa shape index (κ1) is 23.9. The van der Waals surface area contributed by atoms with Gasteiger partial charge in [0.05, 0.1) is 22.7 Å². The van der Waals surface area contributed by atoms with Gasteiger partial charge in [0, 0.05) is 39.5 Å². The SMILES string of the molecule is COCCCN1C(=O)/C(=C/c2c(N3C[C@H](C)O[C@@H](C)C3)nc3c(C)cccn3c2=O)SC1=S. The number of amides is 1. The Bertz CT molecular complexity index is 1170. The molecule has 4 rings (SSSR count). The number of carbonyl (C=O) groups excluding carboxylic acids is 1. The van der Waals surface area contributed by atoms with Crippen LogP contribution in [0.15, 0.2) is 28.0 Å². The smallest absolute Gasteiger partial charge is 0.267 e. The van der Waals surface area contributed by atoms with Gasteiger partial charge in [0.2, 0.25) is 0 Å². The molecular weight excluding hydrogens is 460 g/mol. The summed E-state index contributed by atoms with van der Waals surface area (Å²) in [6, 6.07) is 3.75. The van der Waals surface area contributed by atoms with Crippen LogP contribution in [0.3, 0.4) is 0 Å². The lowest BCUT2D eigenvalue weighted by Gasteiger charge is -2.36. The van der Waals surface area contributed by atoms with Gasteiger partial charge in [-0.3, -0.25) is 18.9 Å². The van der Waals surface area contributed by atoms with E-state index >= 15 is 0 Å². The second-order valence-corrected chi connectivity index (χ2v) is 10.1. The Morgan fingerprint density at radius 1 is 1.30 bits per heavy atom. The van der Waals surface area contributed by atoms with Crippen molar-refractivity contribution < 1.29 is 14.3 Å². The van der Waals surface area contributed by atoms with Gasteiger partial charge in [0.15, 0.2) is 0 Å². The number of rotatable bonds is 6. The highest BCUT2D eigenvalue weighted by Gasteiger charge is 2.33. The van der Waals surface area contributed by atoms with Crippen molar-refractivity contribution in [2.24, 2.45) is 0 Å². The summed E-state index contributed by atoms with van der Waals surface area (Å²) in [5, 5.41) is 0. The molecule has 2 saturated heterocycles. The first-order valence-electron chi connectivity index (χ1n) is 11.0. The van der Waals surface area contributed by atoms with Gasteiger partial charge < -0.3 is 14.4 Å². The normalized spacial score (nSPS) is 22.7. The van der Waals surface area contributed by atoms with E-state index in [1.54, 1.807) is 24.3 Å². The number of hydrogen-bond donors (Lipinski definition) is 0. The molecule has 0 N–H and O–H groups in total. The van der Waals surface area contributed by atoms with Gasteiger partial charge in [-0.25, -0.2) is 4.98 Å². The third-order valence-corrected chi connectivity index (χ3v) is 7.04. The van der Waals surface area contributed by atoms with Gasteiger partial charge in [-0.15, -0.1) is 0 Å². The van der Waals surface area contributed by atoms with E-state index in [2.05, 4.69) is 4.90 Å². The van der Waals surface area contributed by atoms with Crippen molar-refractivity contribution in [2.45, 2.75) is 39.4 Å². The summed E-state index contributed by atoms with van der Waals surface area (Å²) in [5.41, 5.74) is 1.68. The lowest BCUT2D eigenvalue weighted by Crippen LogP contribution is -2.46. The van der Waals surface area contributed by atoms with Crippen molar-refractivity contribution in [3.8, 4) is 0 Å². The molecule has 0 saturated carbocycles. The number of aryl methyl sites for hydroxylation is 1. The van der Waals surface area contributed by atoms with E-state index in [1.165, 1.54) is 16.2 Å². The average molecular weight is 489 g/mol. The van der Waals surface area contributed by atoms with Crippen molar-refractivity contribution in [1.29, 1.82) is 0 Å². The van der Waals surface area contributed by atoms with Crippen LogP contribution in [0.4, 0.5) is 5.82 Å². The fraction of sp³-hybridized carbons (Fsp3) is 0.478. The highest BCUT2D eigenvalue weighted by atomic mass is 32.2. The van der Waals surface area contributed by atoms with Crippen molar-refractivity contribution in [2.75, 3.05) is 38.3 Å². The third-order valence-electron chi connectivity index (χ3n) is 5.66. The van der Waals surface area contributed by atoms with Crippen LogP contribution in [0.1, 0.15) is 31.4 Å². The molecule has 2 aromatic rings. The predicted octanol–water partition coefficient (Wildman–Crippen LogP) is 2.85. The number of thiocarbonyl (C=S) groups is 1. The molecule has 2 aromatic heterocycles. The molecule has 0 radical (unpaired) electrons. The van der Waals surface area contributed by atoms with Crippen LogP contribution < -0.4 is 10.5 Å². The predicted molar refractivity (Wildman–Crippen MR) is 135 cm³/mol. The summed E-state index contributed by atoms with van der Waals surface area (Å²) in [6.45, 7) is 8.19. The number of hydrogen-bond acceptors (Lipinski definition) is 8. The van der Waals surface area contributed by atoms with Crippen LogP contribution in [-0.4, -0.2) is 70.1 Å². The maximum Gasteiger partial charge on any atom is 0.267 e. The van der Waals surface area contributed by atoms with Crippen LogP contribution in [-0.2, 0) is 14.3 Å². The Labute approximate surface area is 202 Å². The Morgan fingerprint density at radius 3 is 2.73 bits per heavy atom. The second-order valence-electron chi connectivity index (χ2n) is 8.38. The van der Waals surface area contributed by atoms with Crippen molar-refractivity contribution in [1.82, 2.24) is 14.3 Å². The standard InChI is InChI=1S/C23H28N4O4S2/c1-14-7-5-8-26-19(14)24-20(25-12-15(2)31-16(3)13-25)17(21(26)28)11-18-22(29)27(23(32)33-18)9-6-10-30-4/h5,7-8,11,15-16H,6,9-10,12-13H2,1-4H3/b18-11-/t15-,16-/m0/s1. The Balaban J connectivity index is 1.81. The number of fused-ring (bicyclic) bond motifs is 1. The second kappa shape index (κ2) is 9.92. The summed E-state index contributed by atoms with van der Waals surface area (Å²) < 4.78 is 13.0. The fourth-order valence-electron chi connectivity index (χ4n) is 4.21. The summed E-state index contributed by atoms with van der Waals surface area (Å²) in [4.78, 5) is 35.7. The van der Waals surface area contributed by atoms with Gasteiger partial charge >= 0.3 is 0 Å². The number of ether oxygens (including phenoxy) is 2. The van der Waals surface area contributed by atoms with Crippen LogP contribution in [0.5, 0.6) is 0 Å². The summed E-state index contributed by atoms with van der Waals surface area (Å²) >= 11 is 6.65. The van der Waals surface area contributed by atoms with Gasteiger partial charge in [0.25, 0.3) is 11.5 Å². The Morgan fingerprint density at radius 2 is 2.03 bits per heavy atom. The minimum absolute atomic E-state index is 0.00211. The molecular formula is C23H28N4O4S2. The van der Waals surface area contributed by atoms with Crippen LogP contribution in [0.25, 0.3) is 11.7 Å². The molecule has 10 heteroatoms. The van der Waals surface area contributed by atoms with Gasteiger partial charge in [-0.1, -0.05) is 30.0 Å². The third kappa shape index (κ3) is 4.84. The monoisotopic (exact) mass is 488 g/mol. The molecule has 0 aromatic carbocycles. The van der Waals surface area contributed by atoms with Crippen LogP contribution in [0.2, 0.25) is 0 Å². The van der Waals surface area contributed by atoms with Gasteiger partial charge in [0.1, 0.15) is 15.8 Å². The van der Waals surface area contributed by atoms with Crippen molar-refractivity contribution in [3.05, 3.63) is 44.7 Å². The van der Waals surface area contributed by atoms with Crippen LogP contribution in [0, 0.1) is 6.92 Å². The zero-order valence-corrected chi connectivity index (χ0v) is 20.9. The molecule has 0 spiro atoms. The van der Waals surface area contributed by atoms with Gasteiger partial charge in [-0.2, -0.15) is 0 Å². The zero-order valence-electron chi connectivity index (χ0n) is 19.2. The molecule has 2 atom stereocenters. The van der Waals surface area contributed by atoms with Crippen molar-refractivity contribution in [3.63, 3.8) is 0 Å². The minimum Gasteiger partial charge on any atom is -0.385 e. The number of methoxy groups -OCH3 is 1. The number of nitrogens with zero attached hydrogens (tertiary/aromatic N) is 4. The lowest BCUT2D eigenvalue weighted by molar-refractivity contribution is -0.122. The number of carbonyl (C=O) groups is 1. The Hall–Kier alpha value is -2.27. The number of aromatic nitrogens is 2. The minimum atomic E-state index is -0.213. The largest absolute Gasteiger partial charge is 0.385 e. The molecule has 1 amide bonds. The maximum absolute atomic E-state index is 13.6. The summed E-state index contributed by atoms with van der Waals surface area (Å²) in [5.74, 6) is 0.380. The fourth-order valence-corrected chi connectivity index (χ4v) is 5.50. The number of morpholine rings is 1. The molecule has 2 fully saturated rings. The van der Waals surface area contributed by atoms with E-state index < -0.39 is 0 Å². The summed E-state index contributed by atoms with van der Waals surface area (Å²) in [6.07, 6.45) is 4.04. The molecule has 0 unspecified atom stereocenters. The molecule has 4 heterocycles. The van der Waals surface area contributed by atoms with E-state index in [4.69, 9.17) is 26.7 Å². The summed E-state index contributed by atoms with van der Waals surface area (Å²) in [7, 11) is 1.63. The number of pyridine rings is 1. The van der Waals surface area contributed by atoms with E-state index in [0.29, 0.717) is 58.9 Å². The van der Waals surface area contributed by atoms with Gasteiger partial charge in [-0.05, 0) is 44.9 Å². The highest BCUT2D eigenvalue weighted by Crippen LogP contribution is 2.34. The number of thioether (sulfide) groups is 1. The first-order valence-corrected chi connectivity index (χ1v) is 12.2. The Kier molecular flexibility index (Phi) is 7.18. The topological polar surface area (TPSA) is 76.4 Å². The molecule has 0 aliphatic carbocycles. The van der Waals surface area contributed by atoms with Crippen molar-refractivity contribution >= 4 is 51.7 Å². The molecule has 176 valence electrons. The lowest BCUT2D eigenvalue weighted by atomic mass is 10.1. The molecule has 8 nitrogen and oxygen atoms in total. The maximum atomic E-state index is 13.6. The average Bonchev–Trinajstić information content (AvgIpc) is 3.03. The van der Waals surface area contributed by atoms with Crippen LogP contribution >= 0.6 is 24.0 Å². The van der Waals surface area contributed by atoms with E-state index in [-0.39, 0.29) is 23.7 Å². The molecule has 2 aliphatic rings. The van der Waals surface area contributed by atoms with E-state index in [1.807, 2.05) is 32.9 Å². The van der Waals surface area contributed by atoms with E-state index in [0.717, 1.165) is 5.56 Å². The van der Waals surface area contributed by atoms with E-state index in [9.17, 15) is 9.59 Å².